The molecule has 1 aliphatic carbocycles. The normalized spacial score (nSPS) is 51.1. The van der Waals surface area contributed by atoms with E-state index in [1.807, 2.05) is 0 Å². The third-order valence-corrected chi connectivity index (χ3v) is 6.07. The van der Waals surface area contributed by atoms with E-state index in [0.717, 1.165) is 38.5 Å². The standard InChI is InChI=1S/C17H37N7/c18-10-3-11(19)5-13(21)7-15-1-9-2-16(24-17(9)23-15)8-14(22)6-12(20)4-10/h9-17,23-24H,1-8,18-22H2. The molecular formula is C17H37N7. The van der Waals surface area contributed by atoms with Gasteiger partial charge in [0.15, 0.2) is 0 Å². The first-order valence-corrected chi connectivity index (χ1v) is 9.69. The van der Waals surface area contributed by atoms with Crippen molar-refractivity contribution < 1.29 is 0 Å². The Labute approximate surface area is 145 Å². The zero-order valence-corrected chi connectivity index (χ0v) is 14.7. The van der Waals surface area contributed by atoms with Crippen LogP contribution in [-0.4, -0.2) is 48.5 Å². The quantitative estimate of drug-likeness (QED) is 0.288. The number of hydrogen-bond acceptors (Lipinski definition) is 7. The second-order valence-corrected chi connectivity index (χ2v) is 8.65. The van der Waals surface area contributed by atoms with E-state index in [9.17, 15) is 0 Å². The van der Waals surface area contributed by atoms with E-state index in [4.69, 9.17) is 28.7 Å². The average molecular weight is 340 g/mol. The Morgan fingerprint density at radius 2 is 0.792 bits per heavy atom. The van der Waals surface area contributed by atoms with Gasteiger partial charge in [-0.25, -0.2) is 0 Å². The summed E-state index contributed by atoms with van der Waals surface area (Å²) in [5, 5.41) is 7.44. The van der Waals surface area contributed by atoms with Gasteiger partial charge in [-0.05, 0) is 57.3 Å². The van der Waals surface area contributed by atoms with E-state index in [2.05, 4.69) is 10.6 Å². The maximum Gasteiger partial charge on any atom is 0.0606 e. The van der Waals surface area contributed by atoms with Crippen LogP contribution in [-0.2, 0) is 0 Å². The Hall–Kier alpha value is -0.280. The topological polar surface area (TPSA) is 154 Å². The summed E-state index contributed by atoms with van der Waals surface area (Å²) in [6.07, 6.45) is 8.01. The molecule has 3 aliphatic heterocycles. The fraction of sp³-hybridized carbons (Fsp3) is 1.00. The van der Waals surface area contributed by atoms with Crippen LogP contribution in [0.15, 0.2) is 0 Å². The number of fused-ring (bicyclic) bond motifs is 10. The molecule has 7 heteroatoms. The van der Waals surface area contributed by atoms with Crippen LogP contribution in [0.4, 0.5) is 0 Å². The second kappa shape index (κ2) is 7.95. The largest absolute Gasteiger partial charge is 0.328 e. The summed E-state index contributed by atoms with van der Waals surface area (Å²) in [6.45, 7) is 0. The van der Waals surface area contributed by atoms with Crippen molar-refractivity contribution in [2.24, 2.45) is 34.6 Å². The van der Waals surface area contributed by atoms with Crippen molar-refractivity contribution in [2.45, 2.75) is 99.8 Å². The molecule has 4 rings (SSSR count). The Morgan fingerprint density at radius 3 is 1.12 bits per heavy atom. The van der Waals surface area contributed by atoms with Crippen LogP contribution in [0.5, 0.6) is 0 Å². The summed E-state index contributed by atoms with van der Waals surface area (Å²) < 4.78 is 0. The first kappa shape index (κ1) is 18.5. The van der Waals surface area contributed by atoms with Crippen LogP contribution in [0, 0.1) is 5.92 Å². The molecule has 0 spiro atoms. The van der Waals surface area contributed by atoms with E-state index in [0.29, 0.717) is 24.2 Å². The van der Waals surface area contributed by atoms with Gasteiger partial charge < -0.3 is 28.7 Å². The molecule has 4 bridgehead atoms. The predicted molar refractivity (Wildman–Crippen MR) is 97.9 cm³/mol. The molecule has 0 aromatic rings. The number of nitrogens with two attached hydrogens (primary N) is 5. The van der Waals surface area contributed by atoms with E-state index in [1.54, 1.807) is 0 Å². The lowest BCUT2D eigenvalue weighted by atomic mass is 9.89. The second-order valence-electron chi connectivity index (χ2n) is 8.65. The van der Waals surface area contributed by atoms with Gasteiger partial charge in [-0.3, -0.25) is 10.6 Å². The third kappa shape index (κ3) is 4.88. The van der Waals surface area contributed by atoms with Crippen molar-refractivity contribution in [3.63, 3.8) is 0 Å². The van der Waals surface area contributed by atoms with E-state index < -0.39 is 0 Å². The monoisotopic (exact) mass is 339 g/mol. The van der Waals surface area contributed by atoms with Crippen LogP contribution in [0.25, 0.3) is 0 Å². The van der Waals surface area contributed by atoms with Gasteiger partial charge in [-0.2, -0.15) is 0 Å². The maximum atomic E-state index is 6.34. The van der Waals surface area contributed by atoms with Crippen LogP contribution >= 0.6 is 0 Å². The van der Waals surface area contributed by atoms with Gasteiger partial charge in [0.2, 0.25) is 0 Å². The number of rotatable bonds is 0. The molecule has 140 valence electrons. The van der Waals surface area contributed by atoms with Crippen molar-refractivity contribution in [1.29, 1.82) is 0 Å². The van der Waals surface area contributed by atoms with E-state index in [1.165, 1.54) is 12.8 Å². The molecule has 0 aromatic heterocycles. The Balaban J connectivity index is 1.63. The summed E-state index contributed by atoms with van der Waals surface area (Å²) in [5.41, 5.74) is 31.5. The highest BCUT2D eigenvalue weighted by Gasteiger charge is 2.41. The van der Waals surface area contributed by atoms with Gasteiger partial charge in [0.25, 0.3) is 0 Å². The van der Waals surface area contributed by atoms with Gasteiger partial charge in [-0.15, -0.1) is 0 Å². The summed E-state index contributed by atoms with van der Waals surface area (Å²) in [7, 11) is 0. The molecular weight excluding hydrogens is 302 g/mol. The smallest absolute Gasteiger partial charge is 0.0606 e. The van der Waals surface area contributed by atoms with Crippen molar-refractivity contribution in [2.75, 3.05) is 0 Å². The zero-order valence-electron chi connectivity index (χ0n) is 14.7. The highest BCUT2D eigenvalue weighted by molar-refractivity contribution is 5.00. The summed E-state index contributed by atoms with van der Waals surface area (Å²) in [4.78, 5) is 0. The Morgan fingerprint density at radius 1 is 0.458 bits per heavy atom. The maximum absolute atomic E-state index is 6.34. The molecule has 0 radical (unpaired) electrons. The molecule has 24 heavy (non-hydrogen) atoms. The molecule has 4 fully saturated rings. The van der Waals surface area contributed by atoms with Crippen LogP contribution in [0.2, 0.25) is 0 Å². The van der Waals surface area contributed by atoms with Crippen molar-refractivity contribution in [1.82, 2.24) is 10.6 Å². The lowest BCUT2D eigenvalue weighted by Gasteiger charge is -2.27. The molecule has 3 saturated heterocycles. The minimum atomic E-state index is 0.0301. The first-order valence-electron chi connectivity index (χ1n) is 9.69. The van der Waals surface area contributed by atoms with Gasteiger partial charge >= 0.3 is 0 Å². The molecule has 6 unspecified atom stereocenters. The number of hydrogen-bond donors (Lipinski definition) is 7. The van der Waals surface area contributed by atoms with Crippen LogP contribution in [0.1, 0.15) is 51.4 Å². The summed E-state index contributed by atoms with van der Waals surface area (Å²) in [6, 6.07) is 1.39. The SMILES string of the molecule is NC1CC(N)CC(N)CC2CC3CC(CC(N)CC(N)C1)NC3N2. The van der Waals surface area contributed by atoms with Gasteiger partial charge in [0.1, 0.15) is 0 Å². The highest BCUT2D eigenvalue weighted by Crippen LogP contribution is 2.33. The Kier molecular flexibility index (Phi) is 6.13. The molecule has 7 nitrogen and oxygen atoms in total. The molecule has 3 heterocycles. The highest BCUT2D eigenvalue weighted by atomic mass is 15.2. The fourth-order valence-corrected chi connectivity index (χ4v) is 5.16. The van der Waals surface area contributed by atoms with Crippen LogP contribution in [0.3, 0.4) is 0 Å². The van der Waals surface area contributed by atoms with Gasteiger partial charge in [0.05, 0.1) is 6.17 Å². The lowest BCUT2D eigenvalue weighted by Crippen LogP contribution is -2.46. The molecule has 0 aromatic carbocycles. The van der Waals surface area contributed by atoms with Gasteiger partial charge in [0, 0.05) is 42.3 Å². The predicted octanol–water partition coefficient (Wildman–Crippen LogP) is -1.36. The van der Waals surface area contributed by atoms with Crippen molar-refractivity contribution in [3.8, 4) is 0 Å². The minimum Gasteiger partial charge on any atom is -0.328 e. The lowest BCUT2D eigenvalue weighted by molar-refractivity contribution is 0.347. The summed E-state index contributed by atoms with van der Waals surface area (Å²) in [5.74, 6) is 0.697. The summed E-state index contributed by atoms with van der Waals surface area (Å²) >= 11 is 0. The third-order valence-electron chi connectivity index (χ3n) is 6.07. The molecule has 4 aliphatic rings. The molecule has 1 saturated carbocycles. The zero-order chi connectivity index (χ0) is 17.3. The van der Waals surface area contributed by atoms with Crippen molar-refractivity contribution >= 4 is 0 Å². The molecule has 12 N–H and O–H groups in total. The van der Waals surface area contributed by atoms with E-state index >= 15 is 0 Å². The van der Waals surface area contributed by atoms with Crippen LogP contribution < -0.4 is 39.3 Å². The van der Waals surface area contributed by atoms with E-state index in [-0.39, 0.29) is 30.2 Å². The van der Waals surface area contributed by atoms with Crippen molar-refractivity contribution in [3.05, 3.63) is 0 Å². The fourth-order valence-electron chi connectivity index (χ4n) is 5.16. The molecule has 0 amide bonds. The first-order chi connectivity index (χ1) is 11.4. The van der Waals surface area contributed by atoms with Gasteiger partial charge in [-0.1, -0.05) is 0 Å². The Bertz CT molecular complexity index is 358. The molecule has 6 atom stereocenters. The average Bonchev–Trinajstić information content (AvgIpc) is 2.93. The minimum absolute atomic E-state index is 0.0301. The number of nitrogens with one attached hydrogen (secondary N) is 2.